The van der Waals surface area contributed by atoms with E-state index in [1.807, 2.05) is 19.1 Å². The maximum absolute atomic E-state index is 6.41. The third kappa shape index (κ3) is 2.73. The zero-order valence-corrected chi connectivity index (χ0v) is 14.5. The molecule has 0 aliphatic carbocycles. The third-order valence-corrected chi connectivity index (χ3v) is 5.11. The maximum Gasteiger partial charge on any atom is 0.0459 e. The van der Waals surface area contributed by atoms with Crippen LogP contribution in [-0.4, -0.2) is 0 Å². The van der Waals surface area contributed by atoms with Crippen LogP contribution in [0.15, 0.2) is 18.2 Å². The lowest BCUT2D eigenvalue weighted by molar-refractivity contribution is 0.819. The third-order valence-electron chi connectivity index (χ3n) is 4.78. The number of halogens is 1. The summed E-state index contributed by atoms with van der Waals surface area (Å²) in [4.78, 5) is 0. The minimum absolute atomic E-state index is 0.0461. The van der Waals surface area contributed by atoms with Crippen molar-refractivity contribution in [2.45, 2.75) is 47.6 Å². The number of rotatable bonds is 2. The van der Waals surface area contributed by atoms with Crippen molar-refractivity contribution in [3.63, 3.8) is 0 Å². The van der Waals surface area contributed by atoms with Crippen molar-refractivity contribution in [1.29, 1.82) is 0 Å². The predicted octanol–water partition coefficient (Wildman–Crippen LogP) is 5.57. The molecule has 1 atom stereocenters. The Balaban J connectivity index is 2.71. The molecule has 1 unspecified atom stereocenters. The van der Waals surface area contributed by atoms with Gasteiger partial charge in [0.15, 0.2) is 0 Å². The lowest BCUT2D eigenvalue weighted by atomic mass is 9.86. The van der Waals surface area contributed by atoms with Crippen LogP contribution in [0.2, 0.25) is 5.02 Å². The zero-order valence-electron chi connectivity index (χ0n) is 13.8. The molecule has 0 fully saturated rings. The Kier molecular flexibility index (Phi) is 4.46. The highest BCUT2D eigenvalue weighted by Crippen LogP contribution is 2.36. The predicted molar refractivity (Wildman–Crippen MR) is 93.2 cm³/mol. The van der Waals surface area contributed by atoms with Crippen LogP contribution in [0.4, 0.5) is 0 Å². The second-order valence-corrected chi connectivity index (χ2v) is 6.43. The molecule has 2 rings (SSSR count). The van der Waals surface area contributed by atoms with Gasteiger partial charge in [0, 0.05) is 11.1 Å². The SMILES string of the molecule is Cc1c(C)c(C)c(-c2ccc(C(C)N)c(Cl)c2)c(C)c1C. The monoisotopic (exact) mass is 301 g/mol. The maximum atomic E-state index is 6.41. The van der Waals surface area contributed by atoms with Gasteiger partial charge >= 0.3 is 0 Å². The highest BCUT2D eigenvalue weighted by molar-refractivity contribution is 6.31. The molecule has 21 heavy (non-hydrogen) atoms. The van der Waals surface area contributed by atoms with Gasteiger partial charge < -0.3 is 5.73 Å². The molecule has 0 saturated heterocycles. The Morgan fingerprint density at radius 1 is 0.857 bits per heavy atom. The van der Waals surface area contributed by atoms with E-state index in [-0.39, 0.29) is 6.04 Å². The molecule has 2 aromatic rings. The molecular formula is C19H24ClN. The van der Waals surface area contributed by atoms with E-state index in [1.54, 1.807) is 0 Å². The lowest BCUT2D eigenvalue weighted by Gasteiger charge is -2.20. The first-order chi connectivity index (χ1) is 9.75. The molecule has 0 amide bonds. The largest absolute Gasteiger partial charge is 0.324 e. The summed E-state index contributed by atoms with van der Waals surface area (Å²) < 4.78 is 0. The first-order valence-corrected chi connectivity index (χ1v) is 7.75. The van der Waals surface area contributed by atoms with Gasteiger partial charge in [0.05, 0.1) is 0 Å². The molecule has 1 nitrogen and oxygen atoms in total. The van der Waals surface area contributed by atoms with Crippen LogP contribution in [0, 0.1) is 34.6 Å². The molecule has 0 spiro atoms. The average molecular weight is 302 g/mol. The van der Waals surface area contributed by atoms with Crippen LogP contribution in [-0.2, 0) is 0 Å². The highest BCUT2D eigenvalue weighted by Gasteiger charge is 2.15. The number of hydrogen-bond acceptors (Lipinski definition) is 1. The summed E-state index contributed by atoms with van der Waals surface area (Å²) in [6, 6.07) is 6.18. The van der Waals surface area contributed by atoms with Gasteiger partial charge in [-0.15, -0.1) is 0 Å². The van der Waals surface area contributed by atoms with Gasteiger partial charge in [0.25, 0.3) is 0 Å². The molecule has 2 heteroatoms. The van der Waals surface area contributed by atoms with Crippen molar-refractivity contribution in [3.8, 4) is 11.1 Å². The summed E-state index contributed by atoms with van der Waals surface area (Å²) in [6.45, 7) is 12.9. The first-order valence-electron chi connectivity index (χ1n) is 7.38. The van der Waals surface area contributed by atoms with Crippen LogP contribution in [0.1, 0.15) is 46.3 Å². The highest BCUT2D eigenvalue weighted by atomic mass is 35.5. The van der Waals surface area contributed by atoms with Crippen LogP contribution in [0.5, 0.6) is 0 Å². The van der Waals surface area contributed by atoms with Crippen molar-refractivity contribution in [2.24, 2.45) is 5.73 Å². The average Bonchev–Trinajstić information content (AvgIpc) is 2.43. The molecule has 2 N–H and O–H groups in total. The Morgan fingerprint density at radius 3 is 1.76 bits per heavy atom. The molecule has 2 aromatic carbocycles. The molecule has 0 aromatic heterocycles. The summed E-state index contributed by atoms with van der Waals surface area (Å²) in [5.74, 6) is 0. The number of benzene rings is 2. The van der Waals surface area contributed by atoms with Gasteiger partial charge in [-0.1, -0.05) is 23.7 Å². The van der Waals surface area contributed by atoms with Crippen LogP contribution >= 0.6 is 11.6 Å². The van der Waals surface area contributed by atoms with Crippen LogP contribution in [0.3, 0.4) is 0 Å². The summed E-state index contributed by atoms with van der Waals surface area (Å²) in [5.41, 5.74) is 16.2. The molecular weight excluding hydrogens is 278 g/mol. The number of nitrogens with two attached hydrogens (primary N) is 1. The second kappa shape index (κ2) is 5.82. The van der Waals surface area contributed by atoms with E-state index >= 15 is 0 Å². The summed E-state index contributed by atoms with van der Waals surface area (Å²) >= 11 is 6.41. The topological polar surface area (TPSA) is 26.0 Å². The van der Waals surface area contributed by atoms with E-state index in [2.05, 4.69) is 40.7 Å². The van der Waals surface area contributed by atoms with Crippen LogP contribution in [0.25, 0.3) is 11.1 Å². The van der Waals surface area contributed by atoms with E-state index in [1.165, 1.54) is 38.9 Å². The standard InChI is InChI=1S/C19H24ClN/c1-10-11(2)13(4)19(14(5)12(10)3)16-7-8-17(15(6)21)18(20)9-16/h7-9,15H,21H2,1-6H3. The quantitative estimate of drug-likeness (QED) is 0.771. The van der Waals surface area contributed by atoms with E-state index in [0.29, 0.717) is 0 Å². The second-order valence-electron chi connectivity index (χ2n) is 6.02. The van der Waals surface area contributed by atoms with Gasteiger partial charge in [0.1, 0.15) is 0 Å². The molecule has 0 aliphatic rings. The van der Waals surface area contributed by atoms with Crippen LogP contribution < -0.4 is 5.73 Å². The Hall–Kier alpha value is -1.31. The molecule has 0 heterocycles. The van der Waals surface area contributed by atoms with Crippen molar-refractivity contribution < 1.29 is 0 Å². The fourth-order valence-electron chi connectivity index (χ4n) is 2.98. The Labute approximate surface area is 133 Å². The van der Waals surface area contributed by atoms with E-state index in [0.717, 1.165) is 10.6 Å². The summed E-state index contributed by atoms with van der Waals surface area (Å²) in [5, 5.41) is 0.747. The van der Waals surface area contributed by atoms with Crippen molar-refractivity contribution in [3.05, 3.63) is 56.6 Å². The fraction of sp³-hybridized carbons (Fsp3) is 0.368. The van der Waals surface area contributed by atoms with Crippen molar-refractivity contribution >= 4 is 11.6 Å². The molecule has 0 aliphatic heterocycles. The molecule has 0 radical (unpaired) electrons. The van der Waals surface area contributed by atoms with Gasteiger partial charge in [-0.05, 0) is 92.1 Å². The normalized spacial score (nSPS) is 12.6. The fourth-order valence-corrected chi connectivity index (χ4v) is 3.34. The van der Waals surface area contributed by atoms with Crippen molar-refractivity contribution in [1.82, 2.24) is 0 Å². The molecule has 0 saturated carbocycles. The minimum Gasteiger partial charge on any atom is -0.324 e. The van der Waals surface area contributed by atoms with E-state index < -0.39 is 0 Å². The Morgan fingerprint density at radius 2 is 1.33 bits per heavy atom. The zero-order chi connectivity index (χ0) is 15.9. The van der Waals surface area contributed by atoms with Gasteiger partial charge in [-0.3, -0.25) is 0 Å². The first kappa shape index (κ1) is 16.1. The summed E-state index contributed by atoms with van der Waals surface area (Å²) in [7, 11) is 0. The van der Waals surface area contributed by atoms with Gasteiger partial charge in [0.2, 0.25) is 0 Å². The van der Waals surface area contributed by atoms with Gasteiger partial charge in [-0.25, -0.2) is 0 Å². The van der Waals surface area contributed by atoms with Crippen molar-refractivity contribution in [2.75, 3.05) is 0 Å². The smallest absolute Gasteiger partial charge is 0.0459 e. The summed E-state index contributed by atoms with van der Waals surface area (Å²) in [6.07, 6.45) is 0. The van der Waals surface area contributed by atoms with E-state index in [4.69, 9.17) is 17.3 Å². The Bertz CT molecular complexity index is 670. The molecule has 0 bridgehead atoms. The number of hydrogen-bond donors (Lipinski definition) is 1. The minimum atomic E-state index is -0.0461. The lowest BCUT2D eigenvalue weighted by Crippen LogP contribution is -2.06. The van der Waals surface area contributed by atoms with Gasteiger partial charge in [-0.2, -0.15) is 0 Å². The van der Waals surface area contributed by atoms with E-state index in [9.17, 15) is 0 Å². The molecule has 112 valence electrons.